The van der Waals surface area contributed by atoms with Crippen molar-refractivity contribution in [1.82, 2.24) is 0 Å². The zero-order valence-electron chi connectivity index (χ0n) is 5.65. The fourth-order valence-corrected chi connectivity index (χ4v) is 0.295. The molecule has 0 heterocycles. The molecule has 0 aromatic heterocycles. The van der Waals surface area contributed by atoms with Crippen LogP contribution in [0, 0.1) is 0 Å². The summed E-state index contributed by atoms with van der Waals surface area (Å²) < 4.78 is 0. The van der Waals surface area contributed by atoms with Gasteiger partial charge in [-0.05, 0) is 0 Å². The number of carbonyl (C=O) groups is 2. The standard InChI is InChI=1S/C4H6O6.Ca/c5-3(9-7)1-2-4(6)10-8;/h7-8H,1-2H2;. The molecule has 0 atom stereocenters. The van der Waals surface area contributed by atoms with Gasteiger partial charge >= 0.3 is 11.9 Å². The van der Waals surface area contributed by atoms with Crippen molar-refractivity contribution in [3.05, 3.63) is 0 Å². The molecule has 0 saturated carbocycles. The van der Waals surface area contributed by atoms with Gasteiger partial charge in [0, 0.05) is 37.7 Å². The van der Waals surface area contributed by atoms with E-state index < -0.39 is 11.9 Å². The van der Waals surface area contributed by atoms with Crippen molar-refractivity contribution in [2.24, 2.45) is 0 Å². The van der Waals surface area contributed by atoms with Gasteiger partial charge in [0.05, 0.1) is 12.8 Å². The summed E-state index contributed by atoms with van der Waals surface area (Å²) in [6.45, 7) is 0. The van der Waals surface area contributed by atoms with Crippen LogP contribution < -0.4 is 0 Å². The summed E-state index contributed by atoms with van der Waals surface area (Å²) in [7, 11) is 0. The quantitative estimate of drug-likeness (QED) is 0.351. The number of hydrogen-bond donors (Lipinski definition) is 2. The van der Waals surface area contributed by atoms with Crippen LogP contribution >= 0.6 is 0 Å². The van der Waals surface area contributed by atoms with Gasteiger partial charge in [-0.25, -0.2) is 9.59 Å². The molecule has 0 rings (SSSR count). The summed E-state index contributed by atoms with van der Waals surface area (Å²) in [6.07, 6.45) is -0.647. The van der Waals surface area contributed by atoms with Gasteiger partial charge in [-0.15, -0.1) is 0 Å². The van der Waals surface area contributed by atoms with Crippen molar-refractivity contribution in [3.8, 4) is 0 Å². The third-order valence-corrected chi connectivity index (χ3v) is 0.737. The van der Waals surface area contributed by atoms with Gasteiger partial charge in [0.25, 0.3) is 0 Å². The van der Waals surface area contributed by atoms with Crippen LogP contribution in [0.2, 0.25) is 0 Å². The van der Waals surface area contributed by atoms with Gasteiger partial charge in [-0.1, -0.05) is 0 Å². The van der Waals surface area contributed by atoms with Crippen molar-refractivity contribution in [2.75, 3.05) is 0 Å². The van der Waals surface area contributed by atoms with E-state index >= 15 is 0 Å². The Kier molecular flexibility index (Phi) is 10.2. The maximum atomic E-state index is 10.1. The molecule has 0 amide bonds. The minimum Gasteiger partial charge on any atom is -0.301 e. The normalized spacial score (nSPS) is 7.82. The van der Waals surface area contributed by atoms with Crippen LogP contribution in [-0.4, -0.2) is 60.2 Å². The van der Waals surface area contributed by atoms with Gasteiger partial charge in [0.1, 0.15) is 0 Å². The topological polar surface area (TPSA) is 93.1 Å². The van der Waals surface area contributed by atoms with Crippen LogP contribution in [-0.2, 0) is 19.4 Å². The van der Waals surface area contributed by atoms with E-state index in [0.717, 1.165) is 0 Å². The molecular formula is C4H6CaO6. The minimum absolute atomic E-state index is 0. The molecule has 2 N–H and O–H groups in total. The van der Waals surface area contributed by atoms with Crippen LogP contribution in [0.4, 0.5) is 0 Å². The Hall–Kier alpha value is 0.120. The van der Waals surface area contributed by atoms with Crippen molar-refractivity contribution >= 4 is 49.7 Å². The second kappa shape index (κ2) is 8.22. The van der Waals surface area contributed by atoms with Crippen molar-refractivity contribution in [2.45, 2.75) is 12.8 Å². The molecule has 0 spiro atoms. The van der Waals surface area contributed by atoms with Crippen LogP contribution in [0.5, 0.6) is 0 Å². The fourth-order valence-electron chi connectivity index (χ4n) is 0.295. The molecule has 0 aliphatic heterocycles. The molecule has 0 aromatic carbocycles. The summed E-state index contributed by atoms with van der Waals surface area (Å²) in [6, 6.07) is 0. The molecule has 6 nitrogen and oxygen atoms in total. The number of carbonyl (C=O) groups excluding carboxylic acids is 2. The van der Waals surface area contributed by atoms with E-state index in [0.29, 0.717) is 0 Å². The van der Waals surface area contributed by atoms with E-state index in [1.54, 1.807) is 0 Å². The molecular weight excluding hydrogens is 184 g/mol. The number of hydrogen-bond acceptors (Lipinski definition) is 6. The zero-order chi connectivity index (χ0) is 7.98. The molecule has 0 aliphatic carbocycles. The Morgan fingerprint density at radius 3 is 1.45 bits per heavy atom. The summed E-state index contributed by atoms with van der Waals surface area (Å²) in [4.78, 5) is 26.6. The van der Waals surface area contributed by atoms with Gasteiger partial charge in [0.15, 0.2) is 0 Å². The van der Waals surface area contributed by atoms with E-state index in [9.17, 15) is 9.59 Å². The first kappa shape index (κ1) is 13.7. The molecule has 0 fully saturated rings. The Morgan fingerprint density at radius 1 is 1.00 bits per heavy atom. The number of rotatable bonds is 3. The summed E-state index contributed by atoms with van der Waals surface area (Å²) in [5.41, 5.74) is 0. The van der Waals surface area contributed by atoms with E-state index in [1.165, 1.54) is 0 Å². The van der Waals surface area contributed by atoms with Gasteiger partial charge in [-0.3, -0.25) is 0 Å². The van der Waals surface area contributed by atoms with E-state index in [-0.39, 0.29) is 50.6 Å². The monoisotopic (exact) mass is 190 g/mol. The molecule has 2 radical (unpaired) electrons. The Balaban J connectivity index is 0. The smallest absolute Gasteiger partial charge is 0.301 e. The Labute approximate surface area is 91.9 Å². The van der Waals surface area contributed by atoms with Crippen LogP contribution in [0.3, 0.4) is 0 Å². The average molecular weight is 190 g/mol. The first-order valence-corrected chi connectivity index (χ1v) is 2.39. The SMILES string of the molecule is O=C(CCC(=O)OO)OO.[Ca]. The first-order chi connectivity index (χ1) is 4.70. The zero-order valence-corrected chi connectivity index (χ0v) is 7.86. The van der Waals surface area contributed by atoms with E-state index in [4.69, 9.17) is 10.5 Å². The van der Waals surface area contributed by atoms with E-state index in [1.807, 2.05) is 0 Å². The Morgan fingerprint density at radius 2 is 1.27 bits per heavy atom. The fraction of sp³-hybridized carbons (Fsp3) is 0.500. The molecule has 7 heteroatoms. The van der Waals surface area contributed by atoms with Crippen molar-refractivity contribution in [3.63, 3.8) is 0 Å². The average Bonchev–Trinajstić information content (AvgIpc) is 1.99. The van der Waals surface area contributed by atoms with Gasteiger partial charge < -0.3 is 9.78 Å². The molecule has 11 heavy (non-hydrogen) atoms. The molecule has 0 unspecified atom stereocenters. The third-order valence-electron chi connectivity index (χ3n) is 0.737. The Bertz CT molecular complexity index is 119. The molecule has 0 bridgehead atoms. The minimum atomic E-state index is -0.953. The van der Waals surface area contributed by atoms with Crippen molar-refractivity contribution in [1.29, 1.82) is 0 Å². The second-order valence-electron chi connectivity index (χ2n) is 1.43. The van der Waals surface area contributed by atoms with E-state index in [2.05, 4.69) is 9.78 Å². The van der Waals surface area contributed by atoms with Crippen molar-refractivity contribution < 1.29 is 29.9 Å². The third kappa shape index (κ3) is 8.02. The molecule has 60 valence electrons. The van der Waals surface area contributed by atoms with Crippen LogP contribution in [0.1, 0.15) is 12.8 Å². The predicted octanol–water partition coefficient (Wildman–Crippen LogP) is -0.582. The van der Waals surface area contributed by atoms with Gasteiger partial charge in [-0.2, -0.15) is 10.5 Å². The molecule has 0 aromatic rings. The molecule has 0 aliphatic rings. The summed E-state index contributed by atoms with van der Waals surface area (Å²) in [5.74, 6) is -1.91. The second-order valence-corrected chi connectivity index (χ2v) is 1.43. The summed E-state index contributed by atoms with van der Waals surface area (Å²) >= 11 is 0. The molecule has 0 saturated heterocycles. The largest absolute Gasteiger partial charge is 0.342 e. The maximum absolute atomic E-state index is 10.1. The van der Waals surface area contributed by atoms with Gasteiger partial charge in [0.2, 0.25) is 0 Å². The first-order valence-electron chi connectivity index (χ1n) is 2.39. The van der Waals surface area contributed by atoms with Crippen LogP contribution in [0.25, 0.3) is 0 Å². The predicted molar refractivity (Wildman–Crippen MR) is 32.4 cm³/mol. The maximum Gasteiger partial charge on any atom is 0.342 e. The van der Waals surface area contributed by atoms with Crippen LogP contribution in [0.15, 0.2) is 0 Å². The summed E-state index contributed by atoms with van der Waals surface area (Å²) in [5, 5.41) is 15.3.